The number of benzene rings is 2. The Hall–Kier alpha value is -4.72. The minimum Gasteiger partial charge on any atom is -0.510 e. The van der Waals surface area contributed by atoms with Crippen LogP contribution in [0.5, 0.6) is 11.5 Å². The third kappa shape index (κ3) is 5.75. The number of hydrogen-bond acceptors (Lipinski definition) is 12. The first-order chi connectivity index (χ1) is 23.1. The number of nitrogens with one attached hydrogen (secondary N) is 1. The summed E-state index contributed by atoms with van der Waals surface area (Å²) in [5.74, 6) is -7.06. The van der Waals surface area contributed by atoms with E-state index in [1.165, 1.54) is 18.1 Å². The molecular weight excluding hydrogens is 634 g/mol. The first-order valence-corrected chi connectivity index (χ1v) is 16.2. The number of aliphatic hydroxyl groups excluding tert-OH is 2. The van der Waals surface area contributed by atoms with Gasteiger partial charge < -0.3 is 41.0 Å². The minimum atomic E-state index is -2.72. The summed E-state index contributed by atoms with van der Waals surface area (Å²) < 4.78 is 10.9. The van der Waals surface area contributed by atoms with Crippen LogP contribution in [-0.2, 0) is 32.1 Å². The van der Waals surface area contributed by atoms with E-state index in [1.807, 2.05) is 26.0 Å². The van der Waals surface area contributed by atoms with E-state index >= 15 is 0 Å². The number of hydrogen-bond donors (Lipinski definition) is 6. The Morgan fingerprint density at radius 3 is 2.39 bits per heavy atom. The minimum absolute atomic E-state index is 0.0353. The lowest BCUT2D eigenvalue weighted by atomic mass is 9.58. The van der Waals surface area contributed by atoms with Gasteiger partial charge in [-0.25, -0.2) is 0 Å². The third-order valence-electron chi connectivity index (χ3n) is 9.89. The number of rotatable bonds is 10. The van der Waals surface area contributed by atoms with Crippen LogP contribution in [0.3, 0.4) is 0 Å². The highest BCUT2D eigenvalue weighted by Crippen LogP contribution is 2.53. The van der Waals surface area contributed by atoms with Gasteiger partial charge in [-0.15, -0.1) is 0 Å². The number of esters is 1. The second-order valence-electron chi connectivity index (χ2n) is 13.3. The van der Waals surface area contributed by atoms with Crippen molar-refractivity contribution in [2.75, 3.05) is 27.8 Å². The zero-order chi connectivity index (χ0) is 36.1. The number of phenols is 1. The highest BCUT2D eigenvalue weighted by Gasteiger charge is 2.63. The molecule has 3 aliphatic rings. The van der Waals surface area contributed by atoms with Gasteiger partial charge in [0.25, 0.3) is 5.91 Å². The van der Waals surface area contributed by atoms with E-state index < -0.39 is 64.1 Å². The summed E-state index contributed by atoms with van der Waals surface area (Å²) in [5.41, 5.74) is 3.95. The van der Waals surface area contributed by atoms with Crippen molar-refractivity contribution >= 4 is 23.4 Å². The number of ether oxygens (including phenoxy) is 2. The standard InChI is InChI=1S/C36H43N3O10/c1-7-49-35(46)28(16(2)3)38-15-17-8-11-24(48-6)20(12-17)19-9-10-23(40)26-21(19)13-18-14-22-29(39(4)5)31(42)27(34(37)45)33(44)36(22,47)32(43)25(18)30(26)41/h8-12,16,18,22,28-29,38,40,42-43,47H,7,13-15H2,1-6H3,(H2,37,45). The molecule has 0 saturated heterocycles. The van der Waals surface area contributed by atoms with Gasteiger partial charge in [0.15, 0.2) is 11.4 Å². The SMILES string of the molecule is CCOC(=O)C(NCc1ccc(OC)c(-c2ccc(O)c3c2CC2CC4C(N(C)C)C(O)=C(C(N)=O)C(=O)C4(O)C(O)=C2C3=O)c1)C(C)C. The Balaban J connectivity index is 1.61. The predicted molar refractivity (Wildman–Crippen MR) is 178 cm³/mol. The van der Waals surface area contributed by atoms with Crippen molar-refractivity contribution in [2.24, 2.45) is 23.5 Å². The zero-order valence-corrected chi connectivity index (χ0v) is 28.4. The summed E-state index contributed by atoms with van der Waals surface area (Å²) in [7, 11) is 4.66. The van der Waals surface area contributed by atoms with Crippen LogP contribution in [0.2, 0.25) is 0 Å². The maximum absolute atomic E-state index is 14.2. The summed E-state index contributed by atoms with van der Waals surface area (Å²) in [5, 5.41) is 48.8. The molecular formula is C36H43N3O10. The molecule has 2 aromatic carbocycles. The smallest absolute Gasteiger partial charge is 0.323 e. The Morgan fingerprint density at radius 1 is 1.10 bits per heavy atom. The van der Waals surface area contributed by atoms with Gasteiger partial charge in [-0.05, 0) is 80.6 Å². The van der Waals surface area contributed by atoms with E-state index in [4.69, 9.17) is 15.2 Å². The summed E-state index contributed by atoms with van der Waals surface area (Å²) in [6.07, 6.45) is 0.0780. The van der Waals surface area contributed by atoms with Crippen LogP contribution in [0.1, 0.15) is 48.7 Å². The third-order valence-corrected chi connectivity index (χ3v) is 9.89. The molecule has 0 radical (unpaired) electrons. The number of amides is 1. The lowest BCUT2D eigenvalue weighted by Crippen LogP contribution is -2.63. The van der Waals surface area contributed by atoms with Crippen LogP contribution >= 0.6 is 0 Å². The van der Waals surface area contributed by atoms with Crippen molar-refractivity contribution in [3.8, 4) is 22.6 Å². The largest absolute Gasteiger partial charge is 0.510 e. The Kier molecular flexibility index (Phi) is 9.66. The molecule has 0 bridgehead atoms. The molecule has 49 heavy (non-hydrogen) atoms. The number of aliphatic hydroxyl groups is 3. The highest BCUT2D eigenvalue weighted by molar-refractivity contribution is 6.25. The molecule has 13 nitrogen and oxygen atoms in total. The van der Waals surface area contributed by atoms with Gasteiger partial charge in [-0.2, -0.15) is 0 Å². The molecule has 0 heterocycles. The van der Waals surface area contributed by atoms with Gasteiger partial charge in [0.2, 0.25) is 5.78 Å². The van der Waals surface area contributed by atoms with Crippen molar-refractivity contribution in [3.05, 3.63) is 69.7 Å². The quantitative estimate of drug-likeness (QED) is 0.158. The number of nitrogens with two attached hydrogens (primary N) is 1. The first kappa shape index (κ1) is 35.6. The second-order valence-corrected chi connectivity index (χ2v) is 13.3. The van der Waals surface area contributed by atoms with E-state index in [0.717, 1.165) is 5.56 Å². The average Bonchev–Trinajstić information content (AvgIpc) is 3.02. The van der Waals surface area contributed by atoms with E-state index in [9.17, 15) is 39.6 Å². The molecule has 0 spiro atoms. The summed E-state index contributed by atoms with van der Waals surface area (Å²) in [6.45, 7) is 6.15. The van der Waals surface area contributed by atoms with Gasteiger partial charge in [0.1, 0.15) is 34.6 Å². The fourth-order valence-corrected chi connectivity index (χ4v) is 7.63. The molecule has 1 amide bonds. The lowest BCUT2D eigenvalue weighted by molar-refractivity contribution is -0.148. The number of fused-ring (bicyclic) bond motifs is 3. The molecule has 0 aliphatic heterocycles. The summed E-state index contributed by atoms with van der Waals surface area (Å²) >= 11 is 0. The van der Waals surface area contributed by atoms with Crippen LogP contribution < -0.4 is 15.8 Å². The Labute approximate surface area is 284 Å². The molecule has 7 N–H and O–H groups in total. The Morgan fingerprint density at radius 2 is 1.80 bits per heavy atom. The van der Waals surface area contributed by atoms with Gasteiger partial charge in [0.05, 0.1) is 25.3 Å². The molecule has 0 saturated carbocycles. The van der Waals surface area contributed by atoms with Crippen LogP contribution in [0.4, 0.5) is 0 Å². The molecule has 5 unspecified atom stereocenters. The highest BCUT2D eigenvalue weighted by atomic mass is 16.5. The van der Waals surface area contributed by atoms with Crippen LogP contribution in [-0.4, -0.2) is 94.3 Å². The second kappa shape index (κ2) is 13.3. The van der Waals surface area contributed by atoms with Crippen molar-refractivity contribution in [2.45, 2.75) is 57.8 Å². The number of primary amides is 1. The van der Waals surface area contributed by atoms with Crippen molar-refractivity contribution < 1.29 is 49.1 Å². The topological polar surface area (TPSA) is 209 Å². The van der Waals surface area contributed by atoms with Crippen molar-refractivity contribution in [1.29, 1.82) is 0 Å². The van der Waals surface area contributed by atoms with Gasteiger partial charge >= 0.3 is 5.97 Å². The lowest BCUT2D eigenvalue weighted by Gasteiger charge is -2.50. The maximum Gasteiger partial charge on any atom is 0.323 e. The monoisotopic (exact) mass is 677 g/mol. The normalized spacial score (nSPS) is 24.1. The fraction of sp³-hybridized carbons (Fsp3) is 0.444. The van der Waals surface area contributed by atoms with E-state index in [-0.39, 0.29) is 48.2 Å². The summed E-state index contributed by atoms with van der Waals surface area (Å²) in [4.78, 5) is 54.1. The van der Waals surface area contributed by atoms with Crippen molar-refractivity contribution in [3.63, 3.8) is 0 Å². The van der Waals surface area contributed by atoms with Crippen LogP contribution in [0.15, 0.2) is 53.0 Å². The van der Waals surface area contributed by atoms with Crippen LogP contribution in [0.25, 0.3) is 11.1 Å². The predicted octanol–water partition coefficient (Wildman–Crippen LogP) is 2.47. The molecule has 262 valence electrons. The number of methoxy groups -OCH3 is 1. The molecule has 13 heteroatoms. The number of ketones is 2. The number of carbonyl (C=O) groups excluding carboxylic acids is 4. The number of carbonyl (C=O) groups is 4. The van der Waals surface area contributed by atoms with E-state index in [0.29, 0.717) is 29.0 Å². The molecule has 0 fully saturated rings. The fourth-order valence-electron chi connectivity index (χ4n) is 7.63. The number of phenolic OH excluding ortho intramolecular Hbond substituents is 1. The number of nitrogens with zero attached hydrogens (tertiary/aromatic N) is 1. The van der Waals surface area contributed by atoms with Gasteiger partial charge in [-0.1, -0.05) is 26.0 Å². The molecule has 5 atom stereocenters. The average molecular weight is 678 g/mol. The van der Waals surface area contributed by atoms with Gasteiger partial charge in [-0.3, -0.25) is 24.1 Å². The maximum atomic E-state index is 14.2. The molecule has 3 aliphatic carbocycles. The zero-order valence-electron chi connectivity index (χ0n) is 28.4. The summed E-state index contributed by atoms with van der Waals surface area (Å²) in [6, 6.07) is 6.86. The molecule has 0 aromatic heterocycles. The number of allylic oxidation sites excluding steroid dienone is 1. The van der Waals surface area contributed by atoms with E-state index in [1.54, 1.807) is 33.2 Å². The number of likely N-dealkylation sites (N-methyl/N-ethyl adjacent to an activating group) is 1. The molecule has 2 aromatic rings. The molecule has 5 rings (SSSR count). The first-order valence-electron chi connectivity index (χ1n) is 16.2. The number of aromatic hydroxyl groups is 1. The number of Topliss-reactive ketones (excluding diaryl/α,β-unsaturated/α-hetero) is 2. The Bertz CT molecular complexity index is 1790. The van der Waals surface area contributed by atoms with Gasteiger partial charge in [0, 0.05) is 23.6 Å². The van der Waals surface area contributed by atoms with Crippen molar-refractivity contribution in [1.82, 2.24) is 10.2 Å². The van der Waals surface area contributed by atoms with E-state index in [2.05, 4.69) is 5.32 Å². The van der Waals surface area contributed by atoms with Crippen LogP contribution in [0, 0.1) is 17.8 Å².